The maximum atomic E-state index is 11.6. The van der Waals surface area contributed by atoms with Gasteiger partial charge in [-0.2, -0.15) is 0 Å². The van der Waals surface area contributed by atoms with Crippen LogP contribution >= 0.6 is 0 Å². The molecular weight excluding hydrogens is 246 g/mol. The highest BCUT2D eigenvalue weighted by atomic mass is 16.3. The number of rotatable bonds is 2. The van der Waals surface area contributed by atoms with Crippen LogP contribution in [0, 0.1) is 17.3 Å². The summed E-state index contributed by atoms with van der Waals surface area (Å²) in [5.74, 6) is 0.944. The minimum atomic E-state index is -0.613. The Labute approximate surface area is 122 Å². The van der Waals surface area contributed by atoms with Crippen molar-refractivity contribution in [2.75, 3.05) is 6.54 Å². The number of hydrogen-bond acceptors (Lipinski definition) is 2. The van der Waals surface area contributed by atoms with Crippen molar-refractivity contribution in [1.29, 1.82) is 0 Å². The molecule has 0 aliphatic heterocycles. The first-order valence-corrected chi connectivity index (χ1v) is 8.00. The molecule has 3 rings (SSSR count). The molecule has 0 radical (unpaired) electrons. The highest BCUT2D eigenvalue weighted by Crippen LogP contribution is 2.53. The van der Waals surface area contributed by atoms with Gasteiger partial charge in [-0.3, -0.25) is 0 Å². The largest absolute Gasteiger partial charge is 0.389 e. The van der Waals surface area contributed by atoms with Gasteiger partial charge in [-0.05, 0) is 48.6 Å². The van der Waals surface area contributed by atoms with E-state index in [-0.39, 0.29) is 5.41 Å². The van der Waals surface area contributed by atoms with Crippen LogP contribution < -0.4 is 5.73 Å². The van der Waals surface area contributed by atoms with Gasteiger partial charge in [0.05, 0.1) is 5.60 Å². The Morgan fingerprint density at radius 2 is 1.75 bits per heavy atom. The molecule has 1 fully saturated rings. The molecule has 1 aromatic rings. The molecule has 1 saturated carbocycles. The maximum absolute atomic E-state index is 11.6. The van der Waals surface area contributed by atoms with E-state index in [1.54, 1.807) is 0 Å². The Morgan fingerprint density at radius 1 is 1.15 bits per heavy atom. The maximum Gasteiger partial charge on any atom is 0.0750 e. The zero-order valence-electron chi connectivity index (χ0n) is 12.7. The van der Waals surface area contributed by atoms with Crippen molar-refractivity contribution in [2.45, 2.75) is 51.6 Å². The van der Waals surface area contributed by atoms with E-state index in [1.807, 2.05) is 0 Å². The first-order chi connectivity index (χ1) is 9.51. The van der Waals surface area contributed by atoms with E-state index in [2.05, 4.69) is 38.1 Å². The monoisotopic (exact) mass is 273 g/mol. The van der Waals surface area contributed by atoms with Gasteiger partial charge in [-0.1, -0.05) is 44.5 Å². The fourth-order valence-corrected chi connectivity index (χ4v) is 4.67. The van der Waals surface area contributed by atoms with Crippen molar-refractivity contribution in [1.82, 2.24) is 0 Å². The lowest BCUT2D eigenvalue weighted by Crippen LogP contribution is -2.59. The molecule has 0 aromatic heterocycles. The Morgan fingerprint density at radius 3 is 2.30 bits per heavy atom. The van der Waals surface area contributed by atoms with Crippen LogP contribution in [0.25, 0.3) is 0 Å². The lowest BCUT2D eigenvalue weighted by atomic mass is 9.57. The van der Waals surface area contributed by atoms with Gasteiger partial charge in [0, 0.05) is 12.0 Å². The quantitative estimate of drug-likeness (QED) is 0.870. The lowest BCUT2D eigenvalue weighted by Gasteiger charge is -2.52. The molecule has 1 aromatic carbocycles. The van der Waals surface area contributed by atoms with Crippen LogP contribution in [0.1, 0.15) is 44.2 Å². The predicted molar refractivity (Wildman–Crippen MR) is 82.5 cm³/mol. The Balaban J connectivity index is 1.98. The van der Waals surface area contributed by atoms with Crippen molar-refractivity contribution >= 4 is 0 Å². The number of fused-ring (bicyclic) bond motifs is 1. The van der Waals surface area contributed by atoms with Gasteiger partial charge in [0.1, 0.15) is 0 Å². The average Bonchev–Trinajstić information content (AvgIpc) is 2.83. The summed E-state index contributed by atoms with van der Waals surface area (Å²) in [7, 11) is 0. The molecule has 0 bridgehead atoms. The van der Waals surface area contributed by atoms with Crippen LogP contribution in [-0.4, -0.2) is 17.3 Å². The summed E-state index contributed by atoms with van der Waals surface area (Å²) in [6.45, 7) is 5.06. The molecule has 2 aliphatic carbocycles. The predicted octanol–water partition coefficient (Wildman–Crippen LogP) is 2.92. The van der Waals surface area contributed by atoms with E-state index in [9.17, 15) is 5.11 Å². The second kappa shape index (κ2) is 4.85. The summed E-state index contributed by atoms with van der Waals surface area (Å²) < 4.78 is 0. The molecule has 0 spiro atoms. The third-order valence-corrected chi connectivity index (χ3v) is 6.05. The molecule has 2 aliphatic rings. The van der Waals surface area contributed by atoms with E-state index in [0.29, 0.717) is 18.4 Å². The van der Waals surface area contributed by atoms with Crippen molar-refractivity contribution in [3.63, 3.8) is 0 Å². The third-order valence-electron chi connectivity index (χ3n) is 6.05. The molecule has 0 heterocycles. The minimum absolute atomic E-state index is 0.162. The van der Waals surface area contributed by atoms with Crippen LogP contribution in [0.3, 0.4) is 0 Å². The Kier molecular flexibility index (Phi) is 3.42. The van der Waals surface area contributed by atoms with Gasteiger partial charge in [0.15, 0.2) is 0 Å². The Hall–Kier alpha value is -0.860. The topological polar surface area (TPSA) is 46.2 Å². The van der Waals surface area contributed by atoms with E-state index in [1.165, 1.54) is 17.5 Å². The van der Waals surface area contributed by atoms with E-state index in [4.69, 9.17) is 5.73 Å². The highest BCUT2D eigenvalue weighted by Gasteiger charge is 2.56. The van der Waals surface area contributed by atoms with Gasteiger partial charge in [0.25, 0.3) is 0 Å². The van der Waals surface area contributed by atoms with Crippen LogP contribution in [0.15, 0.2) is 24.3 Å². The van der Waals surface area contributed by atoms with E-state index in [0.717, 1.165) is 25.7 Å². The highest BCUT2D eigenvalue weighted by molar-refractivity contribution is 5.36. The van der Waals surface area contributed by atoms with Crippen LogP contribution in [0.2, 0.25) is 0 Å². The normalized spacial score (nSPS) is 35.8. The minimum Gasteiger partial charge on any atom is -0.389 e. The zero-order valence-corrected chi connectivity index (χ0v) is 12.7. The van der Waals surface area contributed by atoms with E-state index < -0.39 is 5.60 Å². The molecule has 2 nitrogen and oxygen atoms in total. The molecule has 3 unspecified atom stereocenters. The third kappa shape index (κ3) is 1.93. The van der Waals surface area contributed by atoms with Crippen molar-refractivity contribution in [2.24, 2.45) is 23.0 Å². The Bertz CT molecular complexity index is 473. The van der Waals surface area contributed by atoms with Crippen LogP contribution in [-0.2, 0) is 12.8 Å². The number of benzene rings is 1. The first-order valence-electron chi connectivity index (χ1n) is 8.00. The first kappa shape index (κ1) is 14.1. The molecular formula is C18H27NO. The standard InChI is InChI=1S/C18H27NO/c1-13-7-8-14(2)18(20,9-13)17(12-19)10-15-5-3-4-6-16(15)11-17/h3-6,13-14,20H,7-12,19H2,1-2H3. The van der Waals surface area contributed by atoms with Gasteiger partial charge in [-0.25, -0.2) is 0 Å². The smallest absolute Gasteiger partial charge is 0.0750 e. The van der Waals surface area contributed by atoms with Gasteiger partial charge in [-0.15, -0.1) is 0 Å². The summed E-state index contributed by atoms with van der Waals surface area (Å²) in [5, 5.41) is 11.6. The zero-order chi connectivity index (χ0) is 14.4. The summed E-state index contributed by atoms with van der Waals surface area (Å²) in [5.41, 5.74) is 8.21. The number of nitrogens with two attached hydrogens (primary N) is 1. The van der Waals surface area contributed by atoms with Crippen LogP contribution in [0.5, 0.6) is 0 Å². The average molecular weight is 273 g/mol. The van der Waals surface area contributed by atoms with Crippen molar-refractivity contribution in [3.8, 4) is 0 Å². The van der Waals surface area contributed by atoms with Gasteiger partial charge < -0.3 is 10.8 Å². The fraction of sp³-hybridized carbons (Fsp3) is 0.667. The number of aliphatic hydroxyl groups is 1. The SMILES string of the molecule is CC1CCC(C)C(O)(C2(CN)Cc3ccccc3C2)C1. The molecule has 2 heteroatoms. The summed E-state index contributed by atoms with van der Waals surface area (Å²) in [4.78, 5) is 0. The fourth-order valence-electron chi connectivity index (χ4n) is 4.67. The number of hydrogen-bond donors (Lipinski definition) is 2. The van der Waals surface area contributed by atoms with Crippen molar-refractivity contribution < 1.29 is 5.11 Å². The molecule has 3 N–H and O–H groups in total. The summed E-state index contributed by atoms with van der Waals surface area (Å²) in [6.07, 6.45) is 5.13. The molecule has 20 heavy (non-hydrogen) atoms. The summed E-state index contributed by atoms with van der Waals surface area (Å²) >= 11 is 0. The second-order valence-electron chi connectivity index (χ2n) is 7.32. The van der Waals surface area contributed by atoms with Gasteiger partial charge in [0.2, 0.25) is 0 Å². The second-order valence-corrected chi connectivity index (χ2v) is 7.32. The van der Waals surface area contributed by atoms with Gasteiger partial charge >= 0.3 is 0 Å². The van der Waals surface area contributed by atoms with Crippen molar-refractivity contribution in [3.05, 3.63) is 35.4 Å². The lowest BCUT2D eigenvalue weighted by molar-refractivity contribution is -0.146. The molecule has 0 amide bonds. The molecule has 0 saturated heterocycles. The van der Waals surface area contributed by atoms with E-state index >= 15 is 0 Å². The summed E-state index contributed by atoms with van der Waals surface area (Å²) in [6, 6.07) is 8.60. The molecule has 3 atom stereocenters. The molecule has 110 valence electrons. The van der Waals surface area contributed by atoms with Crippen LogP contribution in [0.4, 0.5) is 0 Å².